The molecule has 1 N–H and O–H groups in total. The van der Waals surface area contributed by atoms with Gasteiger partial charge in [0, 0.05) is 23.8 Å². The standard InChI is InChI=1S/C13H19ClN2O/c1-4-16(5-2)13(17)9-15-12-7-6-11(14)8-10(12)3/h6-8,15H,4-5,9H2,1-3H3. The highest BCUT2D eigenvalue weighted by molar-refractivity contribution is 6.30. The normalized spacial score (nSPS) is 10.1. The van der Waals surface area contributed by atoms with E-state index in [4.69, 9.17) is 11.6 Å². The minimum atomic E-state index is 0.115. The van der Waals surface area contributed by atoms with Gasteiger partial charge in [-0.05, 0) is 44.5 Å². The number of aryl methyl sites for hydroxylation is 1. The van der Waals surface area contributed by atoms with Crippen LogP contribution < -0.4 is 5.32 Å². The van der Waals surface area contributed by atoms with Gasteiger partial charge in [0.05, 0.1) is 6.54 Å². The third kappa shape index (κ3) is 3.93. The van der Waals surface area contributed by atoms with Crippen LogP contribution in [0.15, 0.2) is 18.2 Å². The van der Waals surface area contributed by atoms with Crippen molar-refractivity contribution < 1.29 is 4.79 Å². The largest absolute Gasteiger partial charge is 0.376 e. The fourth-order valence-corrected chi connectivity index (χ4v) is 1.91. The van der Waals surface area contributed by atoms with Crippen molar-refractivity contribution in [2.24, 2.45) is 0 Å². The van der Waals surface area contributed by atoms with E-state index in [9.17, 15) is 4.79 Å². The molecule has 1 aromatic carbocycles. The van der Waals surface area contributed by atoms with Gasteiger partial charge in [-0.25, -0.2) is 0 Å². The van der Waals surface area contributed by atoms with Crippen LogP contribution in [0.4, 0.5) is 5.69 Å². The summed E-state index contributed by atoms with van der Waals surface area (Å²) in [4.78, 5) is 13.6. The van der Waals surface area contributed by atoms with Crippen molar-refractivity contribution in [3.8, 4) is 0 Å². The van der Waals surface area contributed by atoms with Crippen molar-refractivity contribution in [3.63, 3.8) is 0 Å². The van der Waals surface area contributed by atoms with Crippen LogP contribution in [0.3, 0.4) is 0 Å². The first-order valence-corrected chi connectivity index (χ1v) is 6.24. The Kier molecular flexibility index (Phi) is 5.29. The van der Waals surface area contributed by atoms with Gasteiger partial charge in [-0.2, -0.15) is 0 Å². The van der Waals surface area contributed by atoms with E-state index in [1.807, 2.05) is 39.0 Å². The van der Waals surface area contributed by atoms with E-state index in [0.717, 1.165) is 24.3 Å². The molecule has 0 heterocycles. The van der Waals surface area contributed by atoms with Gasteiger partial charge in [-0.15, -0.1) is 0 Å². The molecule has 4 heteroatoms. The van der Waals surface area contributed by atoms with E-state index in [0.29, 0.717) is 11.6 Å². The zero-order chi connectivity index (χ0) is 12.8. The Bertz CT molecular complexity index is 389. The SMILES string of the molecule is CCN(CC)C(=O)CNc1ccc(Cl)cc1C. The second-order valence-electron chi connectivity index (χ2n) is 3.88. The fraction of sp³-hybridized carbons (Fsp3) is 0.462. The van der Waals surface area contributed by atoms with Crippen molar-refractivity contribution in [1.82, 2.24) is 4.90 Å². The monoisotopic (exact) mass is 254 g/mol. The highest BCUT2D eigenvalue weighted by Gasteiger charge is 2.09. The van der Waals surface area contributed by atoms with E-state index in [1.54, 1.807) is 4.90 Å². The summed E-state index contributed by atoms with van der Waals surface area (Å²) in [6.45, 7) is 7.75. The molecule has 0 saturated carbocycles. The molecular formula is C13H19ClN2O. The van der Waals surface area contributed by atoms with Crippen LogP contribution >= 0.6 is 11.6 Å². The van der Waals surface area contributed by atoms with Gasteiger partial charge in [0.1, 0.15) is 0 Å². The van der Waals surface area contributed by atoms with Crippen LogP contribution in [0.1, 0.15) is 19.4 Å². The summed E-state index contributed by atoms with van der Waals surface area (Å²) in [6, 6.07) is 5.59. The summed E-state index contributed by atoms with van der Waals surface area (Å²) >= 11 is 5.87. The molecule has 0 bridgehead atoms. The Morgan fingerprint density at radius 1 is 1.35 bits per heavy atom. The van der Waals surface area contributed by atoms with Crippen LogP contribution in [-0.2, 0) is 4.79 Å². The van der Waals surface area contributed by atoms with Gasteiger partial charge in [0.2, 0.25) is 5.91 Å². The molecule has 3 nitrogen and oxygen atoms in total. The first-order valence-electron chi connectivity index (χ1n) is 5.86. The average Bonchev–Trinajstić information content (AvgIpc) is 2.29. The maximum atomic E-state index is 11.8. The number of carbonyl (C=O) groups excluding carboxylic acids is 1. The average molecular weight is 255 g/mol. The fourth-order valence-electron chi connectivity index (χ4n) is 1.68. The lowest BCUT2D eigenvalue weighted by molar-refractivity contribution is -0.128. The molecule has 0 aliphatic carbocycles. The minimum absolute atomic E-state index is 0.115. The molecule has 0 spiro atoms. The number of anilines is 1. The van der Waals surface area contributed by atoms with Crippen LogP contribution in [0.5, 0.6) is 0 Å². The summed E-state index contributed by atoms with van der Waals surface area (Å²) in [5.41, 5.74) is 2.00. The van der Waals surface area contributed by atoms with E-state index in [-0.39, 0.29) is 5.91 Å². The van der Waals surface area contributed by atoms with Crippen LogP contribution in [0.25, 0.3) is 0 Å². The first kappa shape index (κ1) is 13.8. The molecule has 0 unspecified atom stereocenters. The summed E-state index contributed by atoms with van der Waals surface area (Å²) in [7, 11) is 0. The van der Waals surface area contributed by atoms with E-state index in [2.05, 4.69) is 5.32 Å². The molecule has 0 radical (unpaired) electrons. The van der Waals surface area contributed by atoms with Crippen molar-refractivity contribution in [2.45, 2.75) is 20.8 Å². The Hall–Kier alpha value is -1.22. The highest BCUT2D eigenvalue weighted by atomic mass is 35.5. The van der Waals surface area contributed by atoms with E-state index in [1.165, 1.54) is 0 Å². The van der Waals surface area contributed by atoms with E-state index >= 15 is 0 Å². The summed E-state index contributed by atoms with van der Waals surface area (Å²) in [5.74, 6) is 0.115. The van der Waals surface area contributed by atoms with Gasteiger partial charge >= 0.3 is 0 Å². The molecule has 0 aliphatic rings. The Balaban J connectivity index is 2.58. The third-order valence-corrected chi connectivity index (χ3v) is 2.97. The van der Waals surface area contributed by atoms with Crippen molar-refractivity contribution in [3.05, 3.63) is 28.8 Å². The number of halogens is 1. The maximum absolute atomic E-state index is 11.8. The highest BCUT2D eigenvalue weighted by Crippen LogP contribution is 2.19. The van der Waals surface area contributed by atoms with Gasteiger partial charge in [0.15, 0.2) is 0 Å². The van der Waals surface area contributed by atoms with Gasteiger partial charge in [-0.3, -0.25) is 4.79 Å². The predicted molar refractivity (Wildman–Crippen MR) is 72.6 cm³/mol. The lowest BCUT2D eigenvalue weighted by Crippen LogP contribution is -2.35. The molecule has 1 amide bonds. The predicted octanol–water partition coefficient (Wildman–Crippen LogP) is 2.93. The molecular weight excluding hydrogens is 236 g/mol. The first-order chi connectivity index (χ1) is 8.08. The number of carbonyl (C=O) groups is 1. The third-order valence-electron chi connectivity index (χ3n) is 2.73. The second-order valence-corrected chi connectivity index (χ2v) is 4.32. The van der Waals surface area contributed by atoms with Gasteiger partial charge in [0.25, 0.3) is 0 Å². The van der Waals surface area contributed by atoms with Crippen LogP contribution in [-0.4, -0.2) is 30.4 Å². The number of rotatable bonds is 5. The Morgan fingerprint density at radius 3 is 2.53 bits per heavy atom. The molecule has 1 aromatic rings. The number of amides is 1. The minimum Gasteiger partial charge on any atom is -0.376 e. The Morgan fingerprint density at radius 2 is 2.00 bits per heavy atom. The molecule has 0 atom stereocenters. The number of benzene rings is 1. The lowest BCUT2D eigenvalue weighted by Gasteiger charge is -2.19. The van der Waals surface area contributed by atoms with Crippen molar-refractivity contribution in [2.75, 3.05) is 25.0 Å². The molecule has 17 heavy (non-hydrogen) atoms. The number of hydrogen-bond acceptors (Lipinski definition) is 2. The van der Waals surface area contributed by atoms with E-state index < -0.39 is 0 Å². The van der Waals surface area contributed by atoms with Crippen molar-refractivity contribution >= 4 is 23.2 Å². The smallest absolute Gasteiger partial charge is 0.241 e. The molecule has 0 aliphatic heterocycles. The zero-order valence-electron chi connectivity index (χ0n) is 10.6. The Labute approximate surface area is 108 Å². The van der Waals surface area contributed by atoms with Gasteiger partial charge in [-0.1, -0.05) is 11.6 Å². The summed E-state index contributed by atoms with van der Waals surface area (Å²) in [6.07, 6.45) is 0. The zero-order valence-corrected chi connectivity index (χ0v) is 11.3. The summed E-state index contributed by atoms with van der Waals surface area (Å²) < 4.78 is 0. The molecule has 94 valence electrons. The number of nitrogens with one attached hydrogen (secondary N) is 1. The number of likely N-dealkylation sites (N-methyl/N-ethyl adjacent to an activating group) is 1. The van der Waals surface area contributed by atoms with Gasteiger partial charge < -0.3 is 10.2 Å². The van der Waals surface area contributed by atoms with Crippen molar-refractivity contribution in [1.29, 1.82) is 0 Å². The second kappa shape index (κ2) is 6.50. The van der Waals surface area contributed by atoms with Crippen LogP contribution in [0.2, 0.25) is 5.02 Å². The summed E-state index contributed by atoms with van der Waals surface area (Å²) in [5, 5.41) is 3.85. The molecule has 0 aromatic heterocycles. The van der Waals surface area contributed by atoms with Crippen LogP contribution in [0, 0.1) is 6.92 Å². The number of nitrogens with zero attached hydrogens (tertiary/aromatic N) is 1. The quantitative estimate of drug-likeness (QED) is 0.876. The molecule has 1 rings (SSSR count). The topological polar surface area (TPSA) is 32.3 Å². The lowest BCUT2D eigenvalue weighted by atomic mass is 10.2. The molecule has 0 fully saturated rings. The number of hydrogen-bond donors (Lipinski definition) is 1. The maximum Gasteiger partial charge on any atom is 0.241 e. The molecule has 0 saturated heterocycles.